The first-order valence-corrected chi connectivity index (χ1v) is 7.92. The van der Waals surface area contributed by atoms with Crippen molar-refractivity contribution in [3.05, 3.63) is 71.2 Å². The number of fused-ring (bicyclic) bond motifs is 1. The zero-order valence-corrected chi connectivity index (χ0v) is 13.9. The van der Waals surface area contributed by atoms with E-state index in [4.69, 9.17) is 16.3 Å². The third-order valence-corrected chi connectivity index (χ3v) is 3.77. The number of phenolic OH excluding ortho intramolecular Hbond substituents is 1. The molecule has 0 bridgehead atoms. The van der Waals surface area contributed by atoms with Gasteiger partial charge in [0.2, 0.25) is 0 Å². The first-order chi connectivity index (χ1) is 12.1. The maximum absolute atomic E-state index is 11.8. The zero-order valence-electron chi connectivity index (χ0n) is 13.1. The second-order valence-corrected chi connectivity index (χ2v) is 5.69. The van der Waals surface area contributed by atoms with Crippen LogP contribution in [0.5, 0.6) is 11.5 Å². The van der Waals surface area contributed by atoms with Gasteiger partial charge in [-0.25, -0.2) is 5.43 Å². The summed E-state index contributed by atoms with van der Waals surface area (Å²) in [6.45, 7) is -0.180. The average molecular weight is 355 g/mol. The molecule has 0 fully saturated rings. The van der Waals surface area contributed by atoms with Crippen LogP contribution in [-0.4, -0.2) is 23.8 Å². The molecule has 5 nitrogen and oxygen atoms in total. The molecule has 0 aliphatic carbocycles. The fourth-order valence-electron chi connectivity index (χ4n) is 2.30. The van der Waals surface area contributed by atoms with E-state index in [1.54, 1.807) is 30.3 Å². The molecule has 2 N–H and O–H groups in total. The molecule has 0 aliphatic rings. The molecule has 1 amide bonds. The van der Waals surface area contributed by atoms with Crippen LogP contribution in [0.15, 0.2) is 65.8 Å². The van der Waals surface area contributed by atoms with E-state index in [9.17, 15) is 9.90 Å². The maximum Gasteiger partial charge on any atom is 0.277 e. The number of nitrogens with zero attached hydrogens (tertiary/aromatic N) is 1. The number of hydrogen-bond donors (Lipinski definition) is 2. The largest absolute Gasteiger partial charge is 0.507 e. The number of hydrogen-bond acceptors (Lipinski definition) is 4. The van der Waals surface area contributed by atoms with Gasteiger partial charge in [0.25, 0.3) is 5.91 Å². The van der Waals surface area contributed by atoms with Gasteiger partial charge in [0.05, 0.1) is 6.21 Å². The van der Waals surface area contributed by atoms with Gasteiger partial charge in [-0.15, -0.1) is 0 Å². The molecule has 0 saturated heterocycles. The highest BCUT2D eigenvalue weighted by molar-refractivity contribution is 6.30. The third kappa shape index (κ3) is 4.28. The molecule has 3 aromatic rings. The minimum Gasteiger partial charge on any atom is -0.507 e. The van der Waals surface area contributed by atoms with Gasteiger partial charge in [-0.1, -0.05) is 41.9 Å². The average Bonchev–Trinajstić information content (AvgIpc) is 2.63. The van der Waals surface area contributed by atoms with Crippen molar-refractivity contribution >= 4 is 34.5 Å². The van der Waals surface area contributed by atoms with Gasteiger partial charge in [0.1, 0.15) is 11.5 Å². The molecular weight excluding hydrogens is 340 g/mol. The normalized spacial score (nSPS) is 10.9. The summed E-state index contributed by atoms with van der Waals surface area (Å²) in [5.41, 5.74) is 2.91. The van der Waals surface area contributed by atoms with Crippen molar-refractivity contribution in [2.24, 2.45) is 5.10 Å². The van der Waals surface area contributed by atoms with Gasteiger partial charge in [-0.2, -0.15) is 5.10 Å². The topological polar surface area (TPSA) is 70.9 Å². The van der Waals surface area contributed by atoms with Crippen LogP contribution in [0.3, 0.4) is 0 Å². The Morgan fingerprint density at radius 3 is 2.68 bits per heavy atom. The highest BCUT2D eigenvalue weighted by Gasteiger charge is 2.05. The monoisotopic (exact) mass is 354 g/mol. The van der Waals surface area contributed by atoms with Gasteiger partial charge in [-0.3, -0.25) is 4.79 Å². The van der Waals surface area contributed by atoms with Crippen molar-refractivity contribution in [1.29, 1.82) is 0 Å². The van der Waals surface area contributed by atoms with Crippen LogP contribution in [0, 0.1) is 0 Å². The second kappa shape index (κ2) is 7.68. The molecule has 25 heavy (non-hydrogen) atoms. The number of hydrazone groups is 1. The van der Waals surface area contributed by atoms with Gasteiger partial charge in [-0.05, 0) is 41.1 Å². The number of amides is 1. The van der Waals surface area contributed by atoms with Gasteiger partial charge >= 0.3 is 0 Å². The lowest BCUT2D eigenvalue weighted by Crippen LogP contribution is -2.24. The van der Waals surface area contributed by atoms with E-state index in [2.05, 4.69) is 10.5 Å². The zero-order chi connectivity index (χ0) is 17.6. The lowest BCUT2D eigenvalue weighted by atomic mass is 10.0. The van der Waals surface area contributed by atoms with E-state index < -0.39 is 5.91 Å². The summed E-state index contributed by atoms with van der Waals surface area (Å²) < 4.78 is 5.33. The third-order valence-electron chi connectivity index (χ3n) is 3.51. The molecule has 3 rings (SSSR count). The molecular formula is C19H15ClN2O3. The molecule has 3 aromatic carbocycles. The van der Waals surface area contributed by atoms with Crippen molar-refractivity contribution in [2.75, 3.05) is 6.61 Å². The molecule has 0 aromatic heterocycles. The smallest absolute Gasteiger partial charge is 0.277 e. The number of nitrogens with one attached hydrogen (secondary N) is 1. The summed E-state index contributed by atoms with van der Waals surface area (Å²) in [6, 6.07) is 17.7. The Bertz CT molecular complexity index is 924. The van der Waals surface area contributed by atoms with Crippen LogP contribution in [-0.2, 0) is 4.79 Å². The molecule has 126 valence electrons. The number of phenols is 1. The number of ether oxygens (including phenoxy) is 1. The molecule has 0 saturated carbocycles. The Labute approximate surface area is 149 Å². The van der Waals surface area contributed by atoms with E-state index in [0.29, 0.717) is 16.3 Å². The maximum atomic E-state index is 11.8. The van der Waals surface area contributed by atoms with Crippen LogP contribution >= 0.6 is 11.6 Å². The summed E-state index contributed by atoms with van der Waals surface area (Å²) in [6.07, 6.45) is 1.41. The molecule has 0 unspecified atom stereocenters. The molecule has 0 aliphatic heterocycles. The van der Waals surface area contributed by atoms with Gasteiger partial charge < -0.3 is 9.84 Å². The summed E-state index contributed by atoms with van der Waals surface area (Å²) in [4.78, 5) is 11.8. The number of aromatic hydroxyl groups is 1. The Balaban J connectivity index is 1.62. The minimum atomic E-state index is -0.411. The fourth-order valence-corrected chi connectivity index (χ4v) is 2.43. The van der Waals surface area contributed by atoms with E-state index >= 15 is 0 Å². The number of carbonyl (C=O) groups is 1. The Hall–Kier alpha value is -3.05. The Morgan fingerprint density at radius 1 is 1.12 bits per heavy atom. The predicted octanol–water partition coefficient (Wildman–Crippen LogP) is 3.73. The van der Waals surface area contributed by atoms with Crippen molar-refractivity contribution in [3.63, 3.8) is 0 Å². The summed E-state index contributed by atoms with van der Waals surface area (Å²) in [5, 5.41) is 16.3. The van der Waals surface area contributed by atoms with Crippen LogP contribution < -0.4 is 10.2 Å². The Morgan fingerprint density at radius 2 is 1.88 bits per heavy atom. The summed E-state index contributed by atoms with van der Waals surface area (Å²) in [7, 11) is 0. The van der Waals surface area contributed by atoms with Crippen LogP contribution in [0.4, 0.5) is 0 Å². The number of rotatable bonds is 5. The SMILES string of the molecule is O=C(COc1ccc(Cl)cc1)N/N=C/c1c(O)ccc2ccccc12. The standard InChI is InChI=1S/C19H15ClN2O3/c20-14-6-8-15(9-7-14)25-12-19(24)22-21-11-17-16-4-2-1-3-13(16)5-10-18(17)23/h1-11,23H,12H2,(H,22,24)/b21-11+. The summed E-state index contributed by atoms with van der Waals surface area (Å²) >= 11 is 5.78. The van der Waals surface area contributed by atoms with Crippen molar-refractivity contribution in [3.8, 4) is 11.5 Å². The lowest BCUT2D eigenvalue weighted by molar-refractivity contribution is -0.123. The van der Waals surface area contributed by atoms with Crippen molar-refractivity contribution < 1.29 is 14.6 Å². The minimum absolute atomic E-state index is 0.0918. The van der Waals surface area contributed by atoms with E-state index in [1.165, 1.54) is 6.21 Å². The molecule has 0 radical (unpaired) electrons. The van der Waals surface area contributed by atoms with Crippen molar-refractivity contribution in [2.45, 2.75) is 0 Å². The number of benzene rings is 3. The summed E-state index contributed by atoms with van der Waals surface area (Å²) in [5.74, 6) is 0.218. The highest BCUT2D eigenvalue weighted by Crippen LogP contribution is 2.25. The first-order valence-electron chi connectivity index (χ1n) is 7.54. The predicted molar refractivity (Wildman–Crippen MR) is 98.3 cm³/mol. The second-order valence-electron chi connectivity index (χ2n) is 5.26. The van der Waals surface area contributed by atoms with E-state index in [1.807, 2.05) is 30.3 Å². The molecule has 0 atom stereocenters. The fraction of sp³-hybridized carbons (Fsp3) is 0.0526. The highest BCUT2D eigenvalue weighted by atomic mass is 35.5. The van der Waals surface area contributed by atoms with Gasteiger partial charge in [0.15, 0.2) is 6.61 Å². The Kier molecular flexibility index (Phi) is 5.16. The lowest BCUT2D eigenvalue weighted by Gasteiger charge is -2.06. The van der Waals surface area contributed by atoms with Crippen LogP contribution in [0.2, 0.25) is 5.02 Å². The first kappa shape index (κ1) is 16.8. The van der Waals surface area contributed by atoms with Gasteiger partial charge in [0, 0.05) is 10.6 Å². The molecule has 0 spiro atoms. The molecule has 0 heterocycles. The number of carbonyl (C=O) groups excluding carboxylic acids is 1. The van der Waals surface area contributed by atoms with E-state index in [0.717, 1.165) is 10.8 Å². The molecule has 6 heteroatoms. The van der Waals surface area contributed by atoms with Crippen LogP contribution in [0.25, 0.3) is 10.8 Å². The van der Waals surface area contributed by atoms with Crippen LogP contribution in [0.1, 0.15) is 5.56 Å². The number of halogens is 1. The van der Waals surface area contributed by atoms with E-state index in [-0.39, 0.29) is 12.4 Å². The van der Waals surface area contributed by atoms with Crippen molar-refractivity contribution in [1.82, 2.24) is 5.43 Å². The quantitative estimate of drug-likeness (QED) is 0.541.